The molecule has 0 saturated carbocycles. The lowest BCUT2D eigenvalue weighted by atomic mass is 9.82. The van der Waals surface area contributed by atoms with Crippen molar-refractivity contribution in [3.05, 3.63) is 65.2 Å². The van der Waals surface area contributed by atoms with Crippen LogP contribution in [0.2, 0.25) is 0 Å². The minimum absolute atomic E-state index is 0.0162. The van der Waals surface area contributed by atoms with Gasteiger partial charge in [-0.2, -0.15) is 0 Å². The SMILES string of the molecule is Cc1cccc(C(=O)NC2CC3CCCC(C2)N3C(=O)Nc2ccccc2C)c1. The standard InChI is InChI=1S/C24H29N3O2/c1-16-7-5-9-18(13-16)23(28)25-19-14-20-10-6-11-21(15-19)27(20)24(29)26-22-12-4-3-8-17(22)2/h3-5,7-9,12-13,19-21H,6,10-11,14-15H2,1-2H3,(H,25,28)(H,26,29). The van der Waals surface area contributed by atoms with E-state index in [1.54, 1.807) is 0 Å². The molecule has 2 aromatic rings. The summed E-state index contributed by atoms with van der Waals surface area (Å²) in [6.45, 7) is 4.00. The van der Waals surface area contributed by atoms with E-state index in [0.717, 1.165) is 48.9 Å². The number of benzene rings is 2. The molecule has 5 nitrogen and oxygen atoms in total. The number of amides is 3. The number of nitrogens with one attached hydrogen (secondary N) is 2. The van der Waals surface area contributed by atoms with Gasteiger partial charge in [0.2, 0.25) is 0 Å². The first-order valence-electron chi connectivity index (χ1n) is 10.5. The van der Waals surface area contributed by atoms with Crippen molar-refractivity contribution in [1.82, 2.24) is 10.2 Å². The van der Waals surface area contributed by atoms with Crippen LogP contribution in [0.1, 0.15) is 53.6 Å². The summed E-state index contributed by atoms with van der Waals surface area (Å²) in [6.07, 6.45) is 4.76. The van der Waals surface area contributed by atoms with E-state index >= 15 is 0 Å². The fourth-order valence-corrected chi connectivity index (χ4v) is 4.78. The third-order valence-corrected chi connectivity index (χ3v) is 6.21. The lowest BCUT2D eigenvalue weighted by Crippen LogP contribution is -2.59. The van der Waals surface area contributed by atoms with Gasteiger partial charge in [-0.25, -0.2) is 4.79 Å². The van der Waals surface area contributed by atoms with Crippen LogP contribution < -0.4 is 10.6 Å². The van der Waals surface area contributed by atoms with Gasteiger partial charge in [0.05, 0.1) is 0 Å². The van der Waals surface area contributed by atoms with E-state index in [9.17, 15) is 9.59 Å². The Balaban J connectivity index is 1.43. The Morgan fingerprint density at radius 2 is 1.69 bits per heavy atom. The summed E-state index contributed by atoms with van der Waals surface area (Å²) in [5.41, 5.74) is 3.71. The predicted octanol–water partition coefficient (Wildman–Crippen LogP) is 4.65. The number of anilines is 1. The second kappa shape index (κ2) is 8.27. The van der Waals surface area contributed by atoms with Crippen molar-refractivity contribution >= 4 is 17.6 Å². The topological polar surface area (TPSA) is 61.4 Å². The molecule has 0 radical (unpaired) electrons. The van der Waals surface area contributed by atoms with Crippen molar-refractivity contribution in [3.63, 3.8) is 0 Å². The molecule has 2 fully saturated rings. The normalized spacial score (nSPS) is 23.4. The molecule has 2 saturated heterocycles. The van der Waals surface area contributed by atoms with Crippen molar-refractivity contribution < 1.29 is 9.59 Å². The fourth-order valence-electron chi connectivity index (χ4n) is 4.78. The van der Waals surface area contributed by atoms with Gasteiger partial charge < -0.3 is 15.5 Å². The number of fused-ring (bicyclic) bond motifs is 2. The third-order valence-electron chi connectivity index (χ3n) is 6.21. The van der Waals surface area contributed by atoms with Crippen molar-refractivity contribution in [2.75, 3.05) is 5.32 Å². The van der Waals surface area contributed by atoms with Crippen molar-refractivity contribution in [2.24, 2.45) is 0 Å². The van der Waals surface area contributed by atoms with Crippen molar-refractivity contribution in [1.29, 1.82) is 0 Å². The molecule has 4 rings (SSSR count). The number of hydrogen-bond donors (Lipinski definition) is 2. The van der Waals surface area contributed by atoms with Crippen molar-refractivity contribution in [2.45, 2.75) is 64.1 Å². The summed E-state index contributed by atoms with van der Waals surface area (Å²) in [5.74, 6) is -0.0189. The maximum Gasteiger partial charge on any atom is 0.322 e. The molecule has 0 spiro atoms. The van der Waals surface area contributed by atoms with Crippen LogP contribution in [0.3, 0.4) is 0 Å². The Hall–Kier alpha value is -2.82. The largest absolute Gasteiger partial charge is 0.349 e. The van der Waals surface area contributed by atoms with E-state index in [2.05, 4.69) is 10.6 Å². The molecular weight excluding hydrogens is 362 g/mol. The van der Waals surface area contributed by atoms with Crippen LogP contribution in [-0.2, 0) is 0 Å². The highest BCUT2D eigenvalue weighted by atomic mass is 16.2. The molecule has 2 aromatic carbocycles. The molecular formula is C24H29N3O2. The highest BCUT2D eigenvalue weighted by molar-refractivity contribution is 5.94. The molecule has 2 bridgehead atoms. The highest BCUT2D eigenvalue weighted by Gasteiger charge is 2.41. The Morgan fingerprint density at radius 3 is 2.38 bits per heavy atom. The zero-order valence-corrected chi connectivity index (χ0v) is 17.2. The summed E-state index contributed by atoms with van der Waals surface area (Å²) in [7, 11) is 0. The summed E-state index contributed by atoms with van der Waals surface area (Å²) in [5, 5.41) is 6.31. The lowest BCUT2D eigenvalue weighted by Gasteiger charge is -2.48. The number of nitrogens with zero attached hydrogens (tertiary/aromatic N) is 1. The maximum atomic E-state index is 13.0. The van der Waals surface area contributed by atoms with Crippen LogP contribution in [0.5, 0.6) is 0 Å². The van der Waals surface area contributed by atoms with Crippen LogP contribution in [0.4, 0.5) is 10.5 Å². The summed E-state index contributed by atoms with van der Waals surface area (Å²) < 4.78 is 0. The zero-order valence-electron chi connectivity index (χ0n) is 17.2. The van der Waals surface area contributed by atoms with E-state index in [1.165, 1.54) is 0 Å². The summed E-state index contributed by atoms with van der Waals surface area (Å²) in [4.78, 5) is 27.8. The molecule has 2 N–H and O–H groups in total. The molecule has 2 atom stereocenters. The molecule has 2 aliphatic heterocycles. The first kappa shape index (κ1) is 19.5. The number of carbonyl (C=O) groups is 2. The van der Waals surface area contributed by atoms with E-state index in [4.69, 9.17) is 0 Å². The summed E-state index contributed by atoms with van der Waals surface area (Å²) in [6, 6.07) is 16.0. The molecule has 0 aromatic heterocycles. The number of hydrogen-bond acceptors (Lipinski definition) is 2. The number of rotatable bonds is 3. The fraction of sp³-hybridized carbons (Fsp3) is 0.417. The van der Waals surface area contributed by atoms with Gasteiger partial charge in [-0.1, -0.05) is 35.9 Å². The maximum absolute atomic E-state index is 13.0. The van der Waals surface area contributed by atoms with E-state index in [-0.39, 0.29) is 30.1 Å². The smallest absolute Gasteiger partial charge is 0.322 e. The molecule has 5 heteroatoms. The van der Waals surface area contributed by atoms with Gasteiger partial charge in [-0.3, -0.25) is 4.79 Å². The average Bonchev–Trinajstić information content (AvgIpc) is 2.69. The molecule has 2 unspecified atom stereocenters. The van der Waals surface area contributed by atoms with Crippen LogP contribution >= 0.6 is 0 Å². The predicted molar refractivity (Wildman–Crippen MR) is 115 cm³/mol. The number of piperidine rings is 2. The van der Waals surface area contributed by atoms with Crippen LogP contribution in [0.15, 0.2) is 48.5 Å². The van der Waals surface area contributed by atoms with Gasteiger partial charge in [0.15, 0.2) is 0 Å². The lowest BCUT2D eigenvalue weighted by molar-refractivity contribution is 0.0577. The Morgan fingerprint density at radius 1 is 0.966 bits per heavy atom. The number of urea groups is 1. The Kier molecular flexibility index (Phi) is 5.56. The third kappa shape index (κ3) is 4.29. The molecule has 3 amide bonds. The monoisotopic (exact) mass is 391 g/mol. The van der Waals surface area contributed by atoms with E-state index in [1.807, 2.05) is 67.3 Å². The van der Waals surface area contributed by atoms with Crippen LogP contribution in [-0.4, -0.2) is 35.0 Å². The minimum atomic E-state index is -0.0189. The first-order chi connectivity index (χ1) is 14.0. The second-order valence-corrected chi connectivity index (χ2v) is 8.40. The highest BCUT2D eigenvalue weighted by Crippen LogP contribution is 2.35. The molecule has 2 heterocycles. The van der Waals surface area contributed by atoms with Gasteiger partial charge >= 0.3 is 6.03 Å². The number of aryl methyl sites for hydroxylation is 2. The summed E-state index contributed by atoms with van der Waals surface area (Å²) >= 11 is 0. The quantitative estimate of drug-likeness (QED) is 0.800. The molecule has 0 aliphatic carbocycles. The van der Waals surface area contributed by atoms with Gasteiger partial charge in [-0.05, 0) is 69.7 Å². The molecule has 29 heavy (non-hydrogen) atoms. The average molecular weight is 392 g/mol. The molecule has 2 aliphatic rings. The van der Waals surface area contributed by atoms with Crippen LogP contribution in [0, 0.1) is 13.8 Å². The first-order valence-corrected chi connectivity index (χ1v) is 10.5. The van der Waals surface area contributed by atoms with Crippen molar-refractivity contribution in [3.8, 4) is 0 Å². The Bertz CT molecular complexity index is 897. The van der Waals surface area contributed by atoms with Gasteiger partial charge in [0, 0.05) is 29.4 Å². The molecule has 152 valence electrons. The van der Waals surface area contributed by atoms with Crippen LogP contribution in [0.25, 0.3) is 0 Å². The van der Waals surface area contributed by atoms with E-state index < -0.39 is 0 Å². The Labute approximate surface area is 172 Å². The number of para-hydroxylation sites is 1. The van der Waals surface area contributed by atoms with E-state index in [0.29, 0.717) is 5.56 Å². The zero-order chi connectivity index (χ0) is 20.4. The number of carbonyl (C=O) groups excluding carboxylic acids is 2. The minimum Gasteiger partial charge on any atom is -0.349 e. The van der Waals surface area contributed by atoms with Gasteiger partial charge in [0.1, 0.15) is 0 Å². The van der Waals surface area contributed by atoms with Gasteiger partial charge in [0.25, 0.3) is 5.91 Å². The second-order valence-electron chi connectivity index (χ2n) is 8.40. The van der Waals surface area contributed by atoms with Gasteiger partial charge in [-0.15, -0.1) is 0 Å².